The fourth-order valence-electron chi connectivity index (χ4n) is 2.30. The number of hydrogen-bond acceptors (Lipinski definition) is 4. The predicted molar refractivity (Wildman–Crippen MR) is 87.3 cm³/mol. The molecule has 0 aliphatic heterocycles. The lowest BCUT2D eigenvalue weighted by Gasteiger charge is -2.14. The minimum absolute atomic E-state index is 0.0508. The first-order chi connectivity index (χ1) is 12.0. The van der Waals surface area contributed by atoms with E-state index < -0.39 is 12.1 Å². The Hall–Kier alpha value is -2.74. The first-order valence-electron chi connectivity index (χ1n) is 7.25. The molecule has 1 aromatic heterocycles. The van der Waals surface area contributed by atoms with Gasteiger partial charge >= 0.3 is 5.69 Å². The standard InChI is InChI=1S/C16H13ClF2N4O2/c1-22-16(24)23(21-20-22)13-7-4-6-12(17)11(13)9-25-14-8-3-2-5-10(14)15(18)19/h2-8,15H,9H2,1H3. The highest BCUT2D eigenvalue weighted by molar-refractivity contribution is 6.31. The van der Waals surface area contributed by atoms with Crippen molar-refractivity contribution in [1.29, 1.82) is 0 Å². The summed E-state index contributed by atoms with van der Waals surface area (Å²) in [6, 6.07) is 10.7. The number of aromatic nitrogens is 4. The Balaban J connectivity index is 1.97. The van der Waals surface area contributed by atoms with Crippen molar-refractivity contribution < 1.29 is 13.5 Å². The lowest BCUT2D eigenvalue weighted by Crippen LogP contribution is -2.23. The summed E-state index contributed by atoms with van der Waals surface area (Å²) in [7, 11) is 1.46. The molecule has 0 saturated carbocycles. The molecule has 3 rings (SSSR count). The van der Waals surface area contributed by atoms with Gasteiger partial charge in [0.2, 0.25) is 0 Å². The number of hydrogen-bond donors (Lipinski definition) is 0. The third kappa shape index (κ3) is 3.39. The molecule has 0 spiro atoms. The van der Waals surface area contributed by atoms with E-state index in [0.717, 1.165) is 9.36 Å². The van der Waals surface area contributed by atoms with Gasteiger partial charge in [-0.05, 0) is 34.7 Å². The number of nitrogens with zero attached hydrogens (tertiary/aromatic N) is 4. The minimum Gasteiger partial charge on any atom is -0.488 e. The van der Waals surface area contributed by atoms with Crippen LogP contribution in [0, 0.1) is 0 Å². The van der Waals surface area contributed by atoms with Crippen molar-refractivity contribution in [3.63, 3.8) is 0 Å². The molecule has 6 nitrogen and oxygen atoms in total. The van der Waals surface area contributed by atoms with Crippen LogP contribution in [0.2, 0.25) is 5.02 Å². The second kappa shape index (κ2) is 7.02. The Kier molecular flexibility index (Phi) is 4.80. The number of tetrazole rings is 1. The van der Waals surface area contributed by atoms with Crippen molar-refractivity contribution >= 4 is 11.6 Å². The minimum atomic E-state index is -2.66. The van der Waals surface area contributed by atoms with Gasteiger partial charge in [-0.25, -0.2) is 13.6 Å². The summed E-state index contributed by atoms with van der Waals surface area (Å²) in [6.45, 7) is -0.109. The molecule has 25 heavy (non-hydrogen) atoms. The first-order valence-corrected chi connectivity index (χ1v) is 7.63. The second-order valence-electron chi connectivity index (χ2n) is 5.16. The van der Waals surface area contributed by atoms with Crippen LogP contribution in [0.4, 0.5) is 8.78 Å². The predicted octanol–water partition coefficient (Wildman–Crippen LogP) is 3.14. The maximum Gasteiger partial charge on any atom is 0.368 e. The molecule has 130 valence electrons. The molecule has 0 saturated heterocycles. The number of ether oxygens (including phenoxy) is 1. The zero-order chi connectivity index (χ0) is 18.0. The topological polar surface area (TPSA) is 61.9 Å². The lowest BCUT2D eigenvalue weighted by atomic mass is 10.1. The molecule has 0 atom stereocenters. The molecule has 1 heterocycles. The van der Waals surface area contributed by atoms with Gasteiger partial charge in [0.25, 0.3) is 6.43 Å². The Morgan fingerprint density at radius 2 is 1.92 bits per heavy atom. The van der Waals surface area contributed by atoms with Gasteiger partial charge in [0.15, 0.2) is 0 Å². The fraction of sp³-hybridized carbons (Fsp3) is 0.188. The van der Waals surface area contributed by atoms with Gasteiger partial charge in [-0.3, -0.25) is 0 Å². The van der Waals surface area contributed by atoms with E-state index in [0.29, 0.717) is 16.3 Å². The summed E-state index contributed by atoms with van der Waals surface area (Å²) in [4.78, 5) is 12.1. The van der Waals surface area contributed by atoms with Crippen LogP contribution in [0.1, 0.15) is 17.6 Å². The van der Waals surface area contributed by atoms with Gasteiger partial charge in [-0.15, -0.1) is 0 Å². The number of para-hydroxylation sites is 1. The van der Waals surface area contributed by atoms with E-state index in [1.54, 1.807) is 24.3 Å². The molecule has 0 radical (unpaired) electrons. The molecule has 9 heteroatoms. The number of alkyl halides is 2. The fourth-order valence-corrected chi connectivity index (χ4v) is 2.52. The monoisotopic (exact) mass is 366 g/mol. The molecular formula is C16H13ClF2N4O2. The number of benzene rings is 2. The van der Waals surface area contributed by atoms with Crippen molar-refractivity contribution in [1.82, 2.24) is 19.8 Å². The van der Waals surface area contributed by atoms with E-state index >= 15 is 0 Å². The molecule has 0 N–H and O–H groups in total. The summed E-state index contributed by atoms with van der Waals surface area (Å²) in [5.74, 6) is 0.0508. The van der Waals surface area contributed by atoms with Crippen LogP contribution in [0.15, 0.2) is 47.3 Å². The number of halogens is 3. The zero-order valence-corrected chi connectivity index (χ0v) is 13.8. The molecule has 0 aliphatic rings. The number of rotatable bonds is 5. The van der Waals surface area contributed by atoms with Gasteiger partial charge < -0.3 is 4.74 Å². The summed E-state index contributed by atoms with van der Waals surface area (Å²) < 4.78 is 33.8. The zero-order valence-electron chi connectivity index (χ0n) is 13.1. The Bertz CT molecular complexity index is 955. The third-order valence-electron chi connectivity index (χ3n) is 3.57. The molecule has 2 aromatic carbocycles. The second-order valence-corrected chi connectivity index (χ2v) is 5.57. The van der Waals surface area contributed by atoms with Gasteiger partial charge in [-0.2, -0.15) is 9.36 Å². The SMILES string of the molecule is Cn1nnn(-c2cccc(Cl)c2COc2ccccc2C(F)F)c1=O. The molecule has 0 amide bonds. The quantitative estimate of drug-likeness (QED) is 0.696. The number of aryl methyl sites for hydroxylation is 1. The van der Waals surface area contributed by atoms with Crippen molar-refractivity contribution in [3.05, 3.63) is 69.1 Å². The molecule has 0 unspecified atom stereocenters. The summed E-state index contributed by atoms with van der Waals surface area (Å²) >= 11 is 6.21. The largest absolute Gasteiger partial charge is 0.488 e. The van der Waals surface area contributed by atoms with Gasteiger partial charge in [0.1, 0.15) is 12.4 Å². The van der Waals surface area contributed by atoms with Crippen LogP contribution >= 0.6 is 11.6 Å². The van der Waals surface area contributed by atoms with Gasteiger partial charge in [-0.1, -0.05) is 29.8 Å². The Labute approximate surface area is 146 Å². The lowest BCUT2D eigenvalue weighted by molar-refractivity contribution is 0.144. The van der Waals surface area contributed by atoms with Gasteiger partial charge in [0.05, 0.1) is 11.3 Å². The summed E-state index contributed by atoms with van der Waals surface area (Å²) in [5.41, 5.74) is 0.139. The van der Waals surface area contributed by atoms with Crippen molar-refractivity contribution in [2.24, 2.45) is 7.05 Å². The van der Waals surface area contributed by atoms with Crippen molar-refractivity contribution in [2.75, 3.05) is 0 Å². The first kappa shape index (κ1) is 17.1. The molecule has 0 aliphatic carbocycles. The smallest absolute Gasteiger partial charge is 0.368 e. The average molecular weight is 367 g/mol. The van der Waals surface area contributed by atoms with Crippen molar-refractivity contribution in [2.45, 2.75) is 13.0 Å². The maximum atomic E-state index is 13.1. The van der Waals surface area contributed by atoms with Crippen LogP contribution in [-0.2, 0) is 13.7 Å². The van der Waals surface area contributed by atoms with Crippen LogP contribution in [0.5, 0.6) is 5.75 Å². The van der Waals surface area contributed by atoms with E-state index in [1.807, 2.05) is 0 Å². The summed E-state index contributed by atoms with van der Waals surface area (Å²) in [6.07, 6.45) is -2.66. The van der Waals surface area contributed by atoms with E-state index in [-0.39, 0.29) is 17.9 Å². The average Bonchev–Trinajstić information content (AvgIpc) is 2.93. The summed E-state index contributed by atoms with van der Waals surface area (Å²) in [5, 5.41) is 7.75. The van der Waals surface area contributed by atoms with Crippen LogP contribution in [0.3, 0.4) is 0 Å². The van der Waals surface area contributed by atoms with Crippen LogP contribution in [0.25, 0.3) is 5.69 Å². The Morgan fingerprint density at radius 1 is 1.16 bits per heavy atom. The Morgan fingerprint density at radius 3 is 2.60 bits per heavy atom. The highest BCUT2D eigenvalue weighted by Gasteiger charge is 2.17. The molecule has 3 aromatic rings. The highest BCUT2D eigenvalue weighted by atomic mass is 35.5. The normalized spacial score (nSPS) is 11.1. The van der Waals surface area contributed by atoms with Crippen LogP contribution < -0.4 is 10.4 Å². The molecule has 0 bridgehead atoms. The molecule has 0 fully saturated rings. The van der Waals surface area contributed by atoms with E-state index in [9.17, 15) is 13.6 Å². The van der Waals surface area contributed by atoms with Crippen LogP contribution in [-0.4, -0.2) is 19.8 Å². The van der Waals surface area contributed by atoms with Gasteiger partial charge in [0, 0.05) is 17.6 Å². The van der Waals surface area contributed by atoms with Crippen molar-refractivity contribution in [3.8, 4) is 11.4 Å². The van der Waals surface area contributed by atoms with E-state index in [2.05, 4.69) is 10.4 Å². The van der Waals surface area contributed by atoms with E-state index in [4.69, 9.17) is 16.3 Å². The molecular weight excluding hydrogens is 354 g/mol. The maximum absolute atomic E-state index is 13.1. The highest BCUT2D eigenvalue weighted by Crippen LogP contribution is 2.30. The third-order valence-corrected chi connectivity index (χ3v) is 3.92. The van der Waals surface area contributed by atoms with E-state index in [1.165, 1.54) is 25.2 Å².